The van der Waals surface area contributed by atoms with Gasteiger partial charge in [0.1, 0.15) is 0 Å². The molecule has 0 spiro atoms. The Labute approximate surface area is 130 Å². The van der Waals surface area contributed by atoms with Crippen LogP contribution in [0.1, 0.15) is 15.9 Å². The number of benzene rings is 1. The second-order valence-corrected chi connectivity index (χ2v) is 5.41. The van der Waals surface area contributed by atoms with Gasteiger partial charge in [0.25, 0.3) is 5.91 Å². The highest BCUT2D eigenvalue weighted by molar-refractivity contribution is 6.08. The van der Waals surface area contributed by atoms with Gasteiger partial charge in [0.2, 0.25) is 0 Å². The second kappa shape index (κ2) is 6.02. The molecule has 1 aromatic heterocycles. The third kappa shape index (κ3) is 2.60. The molecule has 0 saturated carbocycles. The van der Waals surface area contributed by atoms with E-state index in [9.17, 15) is 4.79 Å². The zero-order valence-electron chi connectivity index (χ0n) is 12.7. The van der Waals surface area contributed by atoms with Gasteiger partial charge in [-0.1, -0.05) is 23.8 Å². The van der Waals surface area contributed by atoms with Crippen LogP contribution in [0.15, 0.2) is 55.3 Å². The van der Waals surface area contributed by atoms with E-state index in [1.807, 2.05) is 54.3 Å². The van der Waals surface area contributed by atoms with Gasteiger partial charge in [-0.15, -0.1) is 6.58 Å². The van der Waals surface area contributed by atoms with Crippen LogP contribution in [0.3, 0.4) is 0 Å². The largest absolute Gasteiger partial charge is 0.349 e. The maximum atomic E-state index is 12.8. The topological polar surface area (TPSA) is 36.4 Å². The third-order valence-corrected chi connectivity index (χ3v) is 3.81. The quantitative estimate of drug-likeness (QED) is 0.816. The zero-order chi connectivity index (χ0) is 15.5. The minimum atomic E-state index is 0.0243. The molecule has 2 aromatic rings. The van der Waals surface area contributed by atoms with Gasteiger partial charge in [0.15, 0.2) is 5.82 Å². The molecule has 1 aromatic carbocycles. The van der Waals surface area contributed by atoms with E-state index in [1.165, 1.54) is 0 Å². The van der Waals surface area contributed by atoms with Crippen molar-refractivity contribution in [3.63, 3.8) is 0 Å². The number of fused-ring (bicyclic) bond motifs is 1. The first-order valence-corrected chi connectivity index (χ1v) is 7.40. The number of hydrogen-bond acceptors (Lipinski definition) is 3. The normalized spacial score (nSPS) is 13.7. The van der Waals surface area contributed by atoms with Gasteiger partial charge in [-0.05, 0) is 31.2 Å². The molecule has 0 aliphatic carbocycles. The Morgan fingerprint density at radius 3 is 2.95 bits per heavy atom. The number of carbonyl (C=O) groups is 1. The summed E-state index contributed by atoms with van der Waals surface area (Å²) < 4.78 is 0. The van der Waals surface area contributed by atoms with Crippen molar-refractivity contribution in [3.05, 3.63) is 66.4 Å². The molecule has 0 unspecified atom stereocenters. The summed E-state index contributed by atoms with van der Waals surface area (Å²) >= 11 is 0. The van der Waals surface area contributed by atoms with E-state index in [0.29, 0.717) is 12.1 Å². The van der Waals surface area contributed by atoms with Crippen molar-refractivity contribution in [1.82, 2.24) is 4.98 Å². The van der Waals surface area contributed by atoms with E-state index in [-0.39, 0.29) is 5.91 Å². The number of nitrogens with zero attached hydrogens (tertiary/aromatic N) is 3. The molecule has 1 amide bonds. The number of carbonyl (C=O) groups excluding carboxylic acids is 1. The molecule has 0 saturated heterocycles. The maximum absolute atomic E-state index is 12.8. The minimum absolute atomic E-state index is 0.0243. The molecule has 1 aliphatic rings. The molecule has 0 bridgehead atoms. The molecule has 1 aliphatic heterocycles. The number of hydrogen-bond donors (Lipinski definition) is 0. The molecule has 112 valence electrons. The standard InChI is InChI=1S/C18H19N3O/c1-3-10-20-11-12-21(16-8-5-9-19-17(16)20)18(22)15-7-4-6-14(2)13-15/h3-9,13H,1,10-12H2,2H3. The summed E-state index contributed by atoms with van der Waals surface area (Å²) in [5.41, 5.74) is 2.66. The van der Waals surface area contributed by atoms with Crippen LogP contribution in [0.4, 0.5) is 11.5 Å². The van der Waals surface area contributed by atoms with Crippen LogP contribution in [-0.2, 0) is 0 Å². The predicted molar refractivity (Wildman–Crippen MR) is 89.5 cm³/mol. The second-order valence-electron chi connectivity index (χ2n) is 5.41. The first-order valence-electron chi connectivity index (χ1n) is 7.40. The van der Waals surface area contributed by atoms with Gasteiger partial charge in [-0.25, -0.2) is 4.98 Å². The third-order valence-electron chi connectivity index (χ3n) is 3.81. The molecule has 2 heterocycles. The molecule has 22 heavy (non-hydrogen) atoms. The zero-order valence-corrected chi connectivity index (χ0v) is 12.7. The summed E-state index contributed by atoms with van der Waals surface area (Å²) in [4.78, 5) is 21.2. The highest BCUT2D eigenvalue weighted by Crippen LogP contribution is 2.31. The van der Waals surface area contributed by atoms with E-state index in [1.54, 1.807) is 6.20 Å². The Kier molecular flexibility index (Phi) is 3.92. The number of aromatic nitrogens is 1. The smallest absolute Gasteiger partial charge is 0.258 e. The Morgan fingerprint density at radius 1 is 1.32 bits per heavy atom. The lowest BCUT2D eigenvalue weighted by molar-refractivity contribution is 0.0986. The molecule has 0 N–H and O–H groups in total. The summed E-state index contributed by atoms with van der Waals surface area (Å²) in [5.74, 6) is 0.867. The molecule has 4 nitrogen and oxygen atoms in total. The van der Waals surface area contributed by atoms with Gasteiger partial charge < -0.3 is 9.80 Å². The van der Waals surface area contributed by atoms with Crippen molar-refractivity contribution in [2.24, 2.45) is 0 Å². The van der Waals surface area contributed by atoms with E-state index in [2.05, 4.69) is 16.5 Å². The summed E-state index contributed by atoms with van der Waals surface area (Å²) in [5, 5.41) is 0. The van der Waals surface area contributed by atoms with Crippen LogP contribution in [0.25, 0.3) is 0 Å². The van der Waals surface area contributed by atoms with E-state index < -0.39 is 0 Å². The first kappa shape index (κ1) is 14.3. The molecule has 0 atom stereocenters. The predicted octanol–water partition coefficient (Wildman–Crippen LogP) is 3.04. The lowest BCUT2D eigenvalue weighted by atomic mass is 10.1. The van der Waals surface area contributed by atoms with Crippen molar-refractivity contribution < 1.29 is 4.79 Å². The number of amides is 1. The fraction of sp³-hybridized carbons (Fsp3) is 0.222. The van der Waals surface area contributed by atoms with Crippen molar-refractivity contribution in [1.29, 1.82) is 0 Å². The number of anilines is 2. The maximum Gasteiger partial charge on any atom is 0.258 e. The Morgan fingerprint density at radius 2 is 2.18 bits per heavy atom. The first-order chi connectivity index (χ1) is 10.7. The van der Waals surface area contributed by atoms with Gasteiger partial charge in [0, 0.05) is 31.4 Å². The number of rotatable bonds is 3. The van der Waals surface area contributed by atoms with Crippen molar-refractivity contribution in [2.75, 3.05) is 29.4 Å². The van der Waals surface area contributed by atoms with Crippen LogP contribution >= 0.6 is 0 Å². The van der Waals surface area contributed by atoms with Crippen molar-refractivity contribution in [3.8, 4) is 0 Å². The summed E-state index contributed by atoms with van der Waals surface area (Å²) in [6.07, 6.45) is 3.62. The molecule has 0 radical (unpaired) electrons. The fourth-order valence-corrected chi connectivity index (χ4v) is 2.77. The van der Waals surface area contributed by atoms with E-state index in [0.717, 1.165) is 30.2 Å². The average molecular weight is 293 g/mol. The highest BCUT2D eigenvalue weighted by atomic mass is 16.2. The van der Waals surface area contributed by atoms with E-state index >= 15 is 0 Å². The van der Waals surface area contributed by atoms with E-state index in [4.69, 9.17) is 0 Å². The molecular weight excluding hydrogens is 274 g/mol. The summed E-state index contributed by atoms with van der Waals surface area (Å²) in [6.45, 7) is 7.93. The highest BCUT2D eigenvalue weighted by Gasteiger charge is 2.27. The van der Waals surface area contributed by atoms with Gasteiger partial charge in [0.05, 0.1) is 5.69 Å². The summed E-state index contributed by atoms with van der Waals surface area (Å²) in [6, 6.07) is 11.5. The average Bonchev–Trinajstić information content (AvgIpc) is 2.55. The minimum Gasteiger partial charge on any atom is -0.349 e. The fourth-order valence-electron chi connectivity index (χ4n) is 2.77. The number of pyridine rings is 1. The van der Waals surface area contributed by atoms with Crippen LogP contribution in [0.2, 0.25) is 0 Å². The van der Waals surface area contributed by atoms with Crippen molar-refractivity contribution >= 4 is 17.4 Å². The van der Waals surface area contributed by atoms with Gasteiger partial charge >= 0.3 is 0 Å². The Hall–Kier alpha value is -2.62. The van der Waals surface area contributed by atoms with Crippen molar-refractivity contribution in [2.45, 2.75) is 6.92 Å². The van der Waals surface area contributed by atoms with Crippen LogP contribution in [-0.4, -0.2) is 30.5 Å². The number of aryl methyl sites for hydroxylation is 1. The SMILES string of the molecule is C=CCN1CCN(C(=O)c2cccc(C)c2)c2cccnc21. The monoisotopic (exact) mass is 293 g/mol. The molecule has 4 heteroatoms. The van der Waals surface area contributed by atoms with Crippen LogP contribution in [0.5, 0.6) is 0 Å². The lowest BCUT2D eigenvalue weighted by Crippen LogP contribution is -2.44. The Bertz CT molecular complexity index is 711. The Balaban J connectivity index is 1.96. The molecular formula is C18H19N3O. The lowest BCUT2D eigenvalue weighted by Gasteiger charge is -2.36. The molecule has 3 rings (SSSR count). The van der Waals surface area contributed by atoms with Crippen LogP contribution < -0.4 is 9.80 Å². The van der Waals surface area contributed by atoms with Crippen LogP contribution in [0, 0.1) is 6.92 Å². The molecule has 0 fully saturated rings. The summed E-state index contributed by atoms with van der Waals surface area (Å²) in [7, 11) is 0. The van der Waals surface area contributed by atoms with Gasteiger partial charge in [-0.2, -0.15) is 0 Å². The van der Waals surface area contributed by atoms with Gasteiger partial charge in [-0.3, -0.25) is 4.79 Å².